The standard InChI is InChI=1S/C17H20N2O2/c1-13-5-3-6-14(9-13)11-19-15-7-4-8-16(10-15)21-12-17(20)18-2/h3-10,19H,11-12H2,1-2H3,(H,18,20). The highest BCUT2D eigenvalue weighted by atomic mass is 16.5. The Bertz CT molecular complexity index is 611. The molecule has 0 saturated heterocycles. The fraction of sp³-hybridized carbons (Fsp3) is 0.235. The van der Waals surface area contributed by atoms with Crippen LogP contribution in [0.4, 0.5) is 5.69 Å². The van der Waals surface area contributed by atoms with E-state index < -0.39 is 0 Å². The molecule has 4 heteroatoms. The molecule has 0 aliphatic rings. The third kappa shape index (κ3) is 4.84. The number of carbonyl (C=O) groups is 1. The molecule has 0 atom stereocenters. The van der Waals surface area contributed by atoms with Crippen LogP contribution in [0.3, 0.4) is 0 Å². The van der Waals surface area contributed by atoms with E-state index in [9.17, 15) is 4.79 Å². The van der Waals surface area contributed by atoms with Crippen LogP contribution in [0, 0.1) is 6.92 Å². The van der Waals surface area contributed by atoms with Crippen molar-refractivity contribution < 1.29 is 9.53 Å². The molecule has 0 aliphatic heterocycles. The lowest BCUT2D eigenvalue weighted by molar-refractivity contribution is -0.122. The summed E-state index contributed by atoms with van der Waals surface area (Å²) in [6, 6.07) is 16.0. The molecule has 4 nitrogen and oxygen atoms in total. The number of rotatable bonds is 6. The van der Waals surface area contributed by atoms with E-state index in [0.29, 0.717) is 5.75 Å². The third-order valence-electron chi connectivity index (χ3n) is 3.06. The lowest BCUT2D eigenvalue weighted by Gasteiger charge is -2.10. The first kappa shape index (κ1) is 14.9. The van der Waals surface area contributed by atoms with Crippen LogP contribution in [0.5, 0.6) is 5.75 Å². The summed E-state index contributed by atoms with van der Waals surface area (Å²) in [6.45, 7) is 2.86. The maximum atomic E-state index is 11.2. The van der Waals surface area contributed by atoms with Gasteiger partial charge in [0.25, 0.3) is 5.91 Å². The van der Waals surface area contributed by atoms with Gasteiger partial charge in [0.05, 0.1) is 0 Å². The highest BCUT2D eigenvalue weighted by Crippen LogP contribution is 2.18. The average Bonchev–Trinajstić information content (AvgIpc) is 2.51. The van der Waals surface area contributed by atoms with Gasteiger partial charge in [0, 0.05) is 25.3 Å². The number of nitrogens with one attached hydrogen (secondary N) is 2. The smallest absolute Gasteiger partial charge is 0.257 e. The van der Waals surface area contributed by atoms with Crippen molar-refractivity contribution in [1.29, 1.82) is 0 Å². The van der Waals surface area contributed by atoms with E-state index in [1.54, 1.807) is 7.05 Å². The number of ether oxygens (including phenoxy) is 1. The molecule has 0 aromatic heterocycles. The van der Waals surface area contributed by atoms with E-state index in [1.807, 2.05) is 24.3 Å². The highest BCUT2D eigenvalue weighted by molar-refractivity contribution is 5.77. The van der Waals surface area contributed by atoms with Crippen LogP contribution in [0.1, 0.15) is 11.1 Å². The number of anilines is 1. The van der Waals surface area contributed by atoms with Gasteiger partial charge in [0.1, 0.15) is 5.75 Å². The fourth-order valence-corrected chi connectivity index (χ4v) is 1.94. The zero-order chi connectivity index (χ0) is 15.1. The van der Waals surface area contributed by atoms with Crippen molar-refractivity contribution in [2.75, 3.05) is 19.0 Å². The second-order valence-corrected chi connectivity index (χ2v) is 4.83. The molecule has 21 heavy (non-hydrogen) atoms. The highest BCUT2D eigenvalue weighted by Gasteiger charge is 2.01. The van der Waals surface area contributed by atoms with E-state index in [4.69, 9.17) is 4.74 Å². The van der Waals surface area contributed by atoms with Crippen LogP contribution in [-0.4, -0.2) is 19.6 Å². The lowest BCUT2D eigenvalue weighted by Crippen LogP contribution is -2.24. The maximum absolute atomic E-state index is 11.2. The fourth-order valence-electron chi connectivity index (χ4n) is 1.94. The van der Waals surface area contributed by atoms with Gasteiger partial charge in [-0.05, 0) is 24.6 Å². The van der Waals surface area contributed by atoms with Crippen molar-refractivity contribution in [2.45, 2.75) is 13.5 Å². The lowest BCUT2D eigenvalue weighted by atomic mass is 10.1. The summed E-state index contributed by atoms with van der Waals surface area (Å²) in [6.07, 6.45) is 0. The Balaban J connectivity index is 1.93. The zero-order valence-electron chi connectivity index (χ0n) is 12.3. The minimum absolute atomic E-state index is 0.0256. The van der Waals surface area contributed by atoms with Gasteiger partial charge in [-0.1, -0.05) is 35.9 Å². The Morgan fingerprint density at radius 3 is 2.71 bits per heavy atom. The molecule has 0 spiro atoms. The molecule has 0 bridgehead atoms. The monoisotopic (exact) mass is 284 g/mol. The number of likely N-dealkylation sites (N-methyl/N-ethyl adjacent to an activating group) is 1. The van der Waals surface area contributed by atoms with Gasteiger partial charge in [0.15, 0.2) is 6.61 Å². The SMILES string of the molecule is CNC(=O)COc1cccc(NCc2cccc(C)c2)c1. The quantitative estimate of drug-likeness (QED) is 0.857. The zero-order valence-corrected chi connectivity index (χ0v) is 12.3. The van der Waals surface area contributed by atoms with Gasteiger partial charge in [-0.3, -0.25) is 4.79 Å². The van der Waals surface area contributed by atoms with Crippen LogP contribution in [0.25, 0.3) is 0 Å². The summed E-state index contributed by atoms with van der Waals surface area (Å²) >= 11 is 0. The number of aryl methyl sites for hydroxylation is 1. The summed E-state index contributed by atoms with van der Waals surface area (Å²) < 4.78 is 5.42. The van der Waals surface area contributed by atoms with Gasteiger partial charge in [0.2, 0.25) is 0 Å². The Kier molecular flexibility index (Phi) is 5.21. The molecule has 0 saturated carbocycles. The molecular weight excluding hydrogens is 264 g/mol. The van der Waals surface area contributed by atoms with E-state index in [1.165, 1.54) is 11.1 Å². The van der Waals surface area contributed by atoms with E-state index >= 15 is 0 Å². The third-order valence-corrected chi connectivity index (χ3v) is 3.06. The van der Waals surface area contributed by atoms with Crippen molar-refractivity contribution in [2.24, 2.45) is 0 Å². The van der Waals surface area contributed by atoms with Crippen LogP contribution in [0.2, 0.25) is 0 Å². The van der Waals surface area contributed by atoms with Crippen LogP contribution >= 0.6 is 0 Å². The first-order valence-corrected chi connectivity index (χ1v) is 6.90. The Labute approximate surface area is 125 Å². The van der Waals surface area contributed by atoms with Gasteiger partial charge in [-0.25, -0.2) is 0 Å². The van der Waals surface area contributed by atoms with Crippen molar-refractivity contribution in [3.05, 3.63) is 59.7 Å². The summed E-state index contributed by atoms with van der Waals surface area (Å²) in [5.41, 5.74) is 3.44. The average molecular weight is 284 g/mol. The Morgan fingerprint density at radius 1 is 1.14 bits per heavy atom. The largest absolute Gasteiger partial charge is 0.484 e. The molecule has 110 valence electrons. The summed E-state index contributed by atoms with van der Waals surface area (Å²) in [4.78, 5) is 11.2. The van der Waals surface area contributed by atoms with Crippen molar-refractivity contribution in [3.63, 3.8) is 0 Å². The Morgan fingerprint density at radius 2 is 1.95 bits per heavy atom. The Hall–Kier alpha value is -2.49. The molecular formula is C17H20N2O2. The van der Waals surface area contributed by atoms with Crippen LogP contribution in [0.15, 0.2) is 48.5 Å². The molecule has 2 aromatic rings. The number of hydrogen-bond acceptors (Lipinski definition) is 3. The van der Waals surface area contributed by atoms with Crippen molar-refractivity contribution >= 4 is 11.6 Å². The minimum Gasteiger partial charge on any atom is -0.484 e. The first-order valence-electron chi connectivity index (χ1n) is 6.90. The second-order valence-electron chi connectivity index (χ2n) is 4.83. The second kappa shape index (κ2) is 7.33. The van der Waals surface area contributed by atoms with E-state index in [0.717, 1.165) is 12.2 Å². The normalized spacial score (nSPS) is 10.0. The molecule has 2 N–H and O–H groups in total. The van der Waals surface area contributed by atoms with E-state index in [2.05, 4.69) is 41.8 Å². The molecule has 0 unspecified atom stereocenters. The van der Waals surface area contributed by atoms with Gasteiger partial charge in [-0.15, -0.1) is 0 Å². The molecule has 0 aliphatic carbocycles. The summed E-state index contributed by atoms with van der Waals surface area (Å²) in [5, 5.41) is 5.87. The minimum atomic E-state index is -0.145. The van der Waals surface area contributed by atoms with Gasteiger partial charge in [-0.2, -0.15) is 0 Å². The summed E-state index contributed by atoms with van der Waals surface area (Å²) in [7, 11) is 1.59. The molecule has 0 radical (unpaired) electrons. The molecule has 0 heterocycles. The van der Waals surface area contributed by atoms with E-state index in [-0.39, 0.29) is 12.5 Å². The number of benzene rings is 2. The first-order chi connectivity index (χ1) is 10.2. The van der Waals surface area contributed by atoms with Crippen LogP contribution in [-0.2, 0) is 11.3 Å². The van der Waals surface area contributed by atoms with Gasteiger partial charge >= 0.3 is 0 Å². The summed E-state index contributed by atoms with van der Waals surface area (Å²) in [5.74, 6) is 0.529. The van der Waals surface area contributed by atoms with Gasteiger partial charge < -0.3 is 15.4 Å². The van der Waals surface area contributed by atoms with Crippen LogP contribution < -0.4 is 15.4 Å². The topological polar surface area (TPSA) is 50.4 Å². The number of carbonyl (C=O) groups excluding carboxylic acids is 1. The van der Waals surface area contributed by atoms with Crippen molar-refractivity contribution in [3.8, 4) is 5.75 Å². The van der Waals surface area contributed by atoms with Crippen molar-refractivity contribution in [1.82, 2.24) is 5.32 Å². The maximum Gasteiger partial charge on any atom is 0.257 e. The predicted octanol–water partition coefficient (Wildman–Crippen LogP) is 2.73. The number of amides is 1. The predicted molar refractivity (Wildman–Crippen MR) is 84.5 cm³/mol. The molecule has 2 rings (SSSR count). The molecule has 2 aromatic carbocycles. The molecule has 1 amide bonds. The number of hydrogen-bond donors (Lipinski definition) is 2. The molecule has 0 fully saturated rings.